The van der Waals surface area contributed by atoms with Crippen molar-refractivity contribution in [1.29, 1.82) is 0 Å². The number of hydrogen-bond donors (Lipinski definition) is 1. The third kappa shape index (κ3) is 5.36. The molecule has 2 aromatic carbocycles. The molecule has 0 unspecified atom stereocenters. The molecule has 1 heterocycles. The number of anilines is 1. The standard InChI is InChI=1S/C21H26ClN3O3S/c1-16(2)17-8-10-19(11-9-17)23-21(26)15-25-13-5-12-24(29(25,27)28)14-18-6-3-4-7-20(18)22/h3-4,6-11,16H,5,12-15H2,1-2H3,(H,23,26). The lowest BCUT2D eigenvalue weighted by molar-refractivity contribution is -0.116. The van der Waals surface area contributed by atoms with Gasteiger partial charge >= 0.3 is 0 Å². The van der Waals surface area contributed by atoms with Crippen molar-refractivity contribution in [2.75, 3.05) is 25.0 Å². The van der Waals surface area contributed by atoms with E-state index in [1.54, 1.807) is 12.1 Å². The van der Waals surface area contributed by atoms with Gasteiger partial charge < -0.3 is 5.32 Å². The number of rotatable bonds is 6. The van der Waals surface area contributed by atoms with E-state index in [1.165, 1.54) is 14.2 Å². The molecule has 0 saturated carbocycles. The van der Waals surface area contributed by atoms with E-state index in [2.05, 4.69) is 19.2 Å². The average molecular weight is 436 g/mol. The number of carbonyl (C=O) groups excluding carboxylic acids is 1. The van der Waals surface area contributed by atoms with Crippen LogP contribution in [0, 0.1) is 0 Å². The number of benzene rings is 2. The summed E-state index contributed by atoms with van der Waals surface area (Å²) >= 11 is 6.18. The van der Waals surface area contributed by atoms with Crippen LogP contribution < -0.4 is 5.32 Å². The molecule has 0 bridgehead atoms. The van der Waals surface area contributed by atoms with Crippen LogP contribution in [-0.2, 0) is 21.5 Å². The second-order valence-corrected chi connectivity index (χ2v) is 9.78. The van der Waals surface area contributed by atoms with Gasteiger partial charge in [0.15, 0.2) is 0 Å². The van der Waals surface area contributed by atoms with E-state index in [0.29, 0.717) is 36.1 Å². The van der Waals surface area contributed by atoms with Gasteiger partial charge in [-0.3, -0.25) is 4.79 Å². The molecule has 1 N–H and O–H groups in total. The molecule has 2 aromatic rings. The van der Waals surface area contributed by atoms with E-state index in [0.717, 1.165) is 5.56 Å². The summed E-state index contributed by atoms with van der Waals surface area (Å²) in [6, 6.07) is 14.8. The van der Waals surface area contributed by atoms with Crippen molar-refractivity contribution in [2.24, 2.45) is 0 Å². The Morgan fingerprint density at radius 3 is 2.38 bits per heavy atom. The number of hydrogen-bond acceptors (Lipinski definition) is 3. The van der Waals surface area contributed by atoms with Crippen LogP contribution in [0.2, 0.25) is 5.02 Å². The molecule has 156 valence electrons. The Kier molecular flexibility index (Phi) is 6.95. The van der Waals surface area contributed by atoms with Gasteiger partial charge in [-0.25, -0.2) is 0 Å². The van der Waals surface area contributed by atoms with Gasteiger partial charge in [-0.1, -0.05) is 55.8 Å². The fourth-order valence-electron chi connectivity index (χ4n) is 3.27. The largest absolute Gasteiger partial charge is 0.325 e. The summed E-state index contributed by atoms with van der Waals surface area (Å²) in [6.07, 6.45) is 0.653. The average Bonchev–Trinajstić information content (AvgIpc) is 2.67. The van der Waals surface area contributed by atoms with E-state index in [1.807, 2.05) is 36.4 Å². The maximum atomic E-state index is 13.0. The van der Waals surface area contributed by atoms with Gasteiger partial charge in [0.25, 0.3) is 10.2 Å². The fraction of sp³-hybridized carbons (Fsp3) is 0.381. The van der Waals surface area contributed by atoms with Gasteiger partial charge in [0.2, 0.25) is 5.91 Å². The molecule has 8 heteroatoms. The van der Waals surface area contributed by atoms with E-state index in [4.69, 9.17) is 11.6 Å². The summed E-state index contributed by atoms with van der Waals surface area (Å²) in [5, 5.41) is 3.31. The lowest BCUT2D eigenvalue weighted by atomic mass is 10.0. The van der Waals surface area contributed by atoms with Crippen molar-refractivity contribution in [3.63, 3.8) is 0 Å². The SMILES string of the molecule is CC(C)c1ccc(NC(=O)CN2CCCN(Cc3ccccc3Cl)S2(=O)=O)cc1. The monoisotopic (exact) mass is 435 g/mol. The van der Waals surface area contributed by atoms with E-state index < -0.39 is 10.2 Å². The van der Waals surface area contributed by atoms with Crippen LogP contribution in [0.3, 0.4) is 0 Å². The lowest BCUT2D eigenvalue weighted by Crippen LogP contribution is -2.51. The van der Waals surface area contributed by atoms with Crippen molar-refractivity contribution >= 4 is 33.4 Å². The Hall–Kier alpha value is -1.93. The van der Waals surface area contributed by atoms with Crippen LogP contribution in [0.25, 0.3) is 0 Å². The van der Waals surface area contributed by atoms with Crippen molar-refractivity contribution in [3.8, 4) is 0 Å². The molecule has 29 heavy (non-hydrogen) atoms. The number of halogens is 1. The summed E-state index contributed by atoms with van der Waals surface area (Å²) in [5.41, 5.74) is 2.58. The molecule has 0 aromatic heterocycles. The van der Waals surface area contributed by atoms with E-state index in [9.17, 15) is 13.2 Å². The second kappa shape index (κ2) is 9.26. The highest BCUT2D eigenvalue weighted by Crippen LogP contribution is 2.23. The highest BCUT2D eigenvalue weighted by molar-refractivity contribution is 7.86. The molecule has 0 aliphatic carbocycles. The van der Waals surface area contributed by atoms with Gasteiger partial charge in [0, 0.05) is 30.3 Å². The van der Waals surface area contributed by atoms with Gasteiger partial charge in [-0.15, -0.1) is 0 Å². The van der Waals surface area contributed by atoms with Gasteiger partial charge in [-0.05, 0) is 41.7 Å². The molecule has 6 nitrogen and oxygen atoms in total. The predicted octanol–water partition coefficient (Wildman–Crippen LogP) is 3.85. The van der Waals surface area contributed by atoms with Crippen LogP contribution in [-0.4, -0.2) is 42.6 Å². The first kappa shape index (κ1) is 21.8. The van der Waals surface area contributed by atoms with E-state index in [-0.39, 0.29) is 19.0 Å². The molecular formula is C21H26ClN3O3S. The zero-order chi connectivity index (χ0) is 21.0. The molecule has 1 aliphatic rings. The summed E-state index contributed by atoms with van der Waals surface area (Å²) in [6.45, 7) is 4.90. The molecule has 0 spiro atoms. The maximum absolute atomic E-state index is 13.0. The summed E-state index contributed by atoms with van der Waals surface area (Å²) in [7, 11) is -3.74. The van der Waals surface area contributed by atoms with Crippen LogP contribution in [0.4, 0.5) is 5.69 Å². The minimum Gasteiger partial charge on any atom is -0.325 e. The third-order valence-corrected chi connectivity index (χ3v) is 7.25. The normalized spacial score (nSPS) is 17.4. The number of nitrogens with zero attached hydrogens (tertiary/aromatic N) is 2. The van der Waals surface area contributed by atoms with Crippen LogP contribution >= 0.6 is 11.6 Å². The zero-order valence-electron chi connectivity index (χ0n) is 16.6. The van der Waals surface area contributed by atoms with Crippen molar-refractivity contribution in [3.05, 3.63) is 64.7 Å². The maximum Gasteiger partial charge on any atom is 0.282 e. The first-order valence-corrected chi connectivity index (χ1v) is 11.4. The van der Waals surface area contributed by atoms with Gasteiger partial charge in [0.1, 0.15) is 0 Å². The minimum atomic E-state index is -3.74. The predicted molar refractivity (Wildman–Crippen MR) is 116 cm³/mol. The molecule has 1 amide bonds. The Labute approximate surface area is 177 Å². The van der Waals surface area contributed by atoms with Crippen LogP contribution in [0.1, 0.15) is 37.3 Å². The Morgan fingerprint density at radius 2 is 1.72 bits per heavy atom. The molecular weight excluding hydrogens is 410 g/mol. The zero-order valence-corrected chi connectivity index (χ0v) is 18.2. The number of nitrogens with one attached hydrogen (secondary N) is 1. The molecule has 1 saturated heterocycles. The first-order chi connectivity index (χ1) is 13.8. The molecule has 1 fully saturated rings. The van der Waals surface area contributed by atoms with Crippen molar-refractivity contribution in [1.82, 2.24) is 8.61 Å². The Balaban J connectivity index is 1.65. The Bertz CT molecular complexity index is 961. The lowest BCUT2D eigenvalue weighted by Gasteiger charge is -2.34. The highest BCUT2D eigenvalue weighted by Gasteiger charge is 2.34. The van der Waals surface area contributed by atoms with Crippen LogP contribution in [0.15, 0.2) is 48.5 Å². The summed E-state index contributed by atoms with van der Waals surface area (Å²) in [4.78, 5) is 12.4. The van der Waals surface area contributed by atoms with Gasteiger partial charge in [-0.2, -0.15) is 17.0 Å². The van der Waals surface area contributed by atoms with Crippen molar-refractivity contribution < 1.29 is 13.2 Å². The minimum absolute atomic E-state index is 0.191. The van der Waals surface area contributed by atoms with E-state index >= 15 is 0 Å². The second-order valence-electron chi connectivity index (χ2n) is 7.44. The molecule has 0 radical (unpaired) electrons. The van der Waals surface area contributed by atoms with Crippen molar-refractivity contribution in [2.45, 2.75) is 32.7 Å². The smallest absolute Gasteiger partial charge is 0.282 e. The quantitative estimate of drug-likeness (QED) is 0.749. The topological polar surface area (TPSA) is 69.7 Å². The van der Waals surface area contributed by atoms with Gasteiger partial charge in [0.05, 0.1) is 6.54 Å². The number of amides is 1. The summed E-state index contributed by atoms with van der Waals surface area (Å²) < 4.78 is 28.5. The fourth-order valence-corrected chi connectivity index (χ4v) is 5.09. The highest BCUT2D eigenvalue weighted by atomic mass is 35.5. The Morgan fingerprint density at radius 1 is 1.07 bits per heavy atom. The first-order valence-electron chi connectivity index (χ1n) is 9.66. The van der Waals surface area contributed by atoms with Crippen LogP contribution in [0.5, 0.6) is 0 Å². The molecule has 1 aliphatic heterocycles. The molecule has 0 atom stereocenters. The number of carbonyl (C=O) groups is 1. The molecule has 3 rings (SSSR count). The summed E-state index contributed by atoms with van der Waals surface area (Å²) in [5.74, 6) is 0.0489. The third-order valence-electron chi connectivity index (χ3n) is 4.95.